The fourth-order valence-corrected chi connectivity index (χ4v) is 2.79. The smallest absolute Gasteiger partial charge is 0.303 e. The number of benzene rings is 1. The molecule has 120 valence electrons. The number of hydrogen-bond donors (Lipinski definition) is 2. The Hall–Kier alpha value is -1.75. The van der Waals surface area contributed by atoms with Crippen molar-refractivity contribution < 1.29 is 19.4 Å². The van der Waals surface area contributed by atoms with E-state index in [9.17, 15) is 9.59 Å². The van der Waals surface area contributed by atoms with E-state index < -0.39 is 11.4 Å². The lowest BCUT2D eigenvalue weighted by atomic mass is 9.89. The monoisotopic (exact) mass is 325 g/mol. The molecule has 0 saturated carbocycles. The van der Waals surface area contributed by atoms with E-state index in [1.807, 2.05) is 13.0 Å². The van der Waals surface area contributed by atoms with Crippen molar-refractivity contribution in [1.29, 1.82) is 0 Å². The van der Waals surface area contributed by atoms with Crippen molar-refractivity contribution in [1.82, 2.24) is 5.32 Å². The third kappa shape index (κ3) is 3.91. The highest BCUT2D eigenvalue weighted by molar-refractivity contribution is 6.31. The zero-order chi connectivity index (χ0) is 16.5. The number of carbonyl (C=O) groups is 2. The molecule has 0 bridgehead atoms. The van der Waals surface area contributed by atoms with Crippen molar-refractivity contribution in [2.75, 3.05) is 6.54 Å². The van der Waals surface area contributed by atoms with Crippen molar-refractivity contribution in [3.05, 3.63) is 28.3 Å². The van der Waals surface area contributed by atoms with Crippen molar-refractivity contribution in [3.8, 4) is 5.75 Å². The molecule has 1 aromatic rings. The van der Waals surface area contributed by atoms with Crippen LogP contribution in [0.5, 0.6) is 5.75 Å². The molecule has 2 rings (SSSR count). The Morgan fingerprint density at radius 3 is 2.77 bits per heavy atom. The summed E-state index contributed by atoms with van der Waals surface area (Å²) in [5, 5.41) is 12.1. The minimum Gasteiger partial charge on any atom is -0.489 e. The van der Waals surface area contributed by atoms with Gasteiger partial charge in [-0.1, -0.05) is 25.4 Å². The second-order valence-corrected chi connectivity index (χ2v) is 6.93. The van der Waals surface area contributed by atoms with E-state index in [4.69, 9.17) is 21.4 Å². The van der Waals surface area contributed by atoms with Gasteiger partial charge in [-0.05, 0) is 24.5 Å². The highest BCUT2D eigenvalue weighted by atomic mass is 35.5. The fraction of sp³-hybridized carbons (Fsp3) is 0.500. The van der Waals surface area contributed by atoms with Crippen LogP contribution in [0, 0.1) is 5.41 Å². The summed E-state index contributed by atoms with van der Waals surface area (Å²) < 4.78 is 5.70. The summed E-state index contributed by atoms with van der Waals surface area (Å²) in [6.07, 6.45) is 0.721. The molecule has 1 atom stereocenters. The Balaban J connectivity index is 2.13. The van der Waals surface area contributed by atoms with Gasteiger partial charge in [0.2, 0.25) is 0 Å². The van der Waals surface area contributed by atoms with Crippen molar-refractivity contribution in [3.63, 3.8) is 0 Å². The number of rotatable bonds is 5. The number of carbonyl (C=O) groups excluding carboxylic acids is 1. The van der Waals surface area contributed by atoms with Gasteiger partial charge in [0.05, 0.1) is 12.0 Å². The van der Waals surface area contributed by atoms with Gasteiger partial charge in [-0.15, -0.1) is 0 Å². The molecule has 0 aromatic heterocycles. The molecule has 1 heterocycles. The van der Waals surface area contributed by atoms with Crippen LogP contribution < -0.4 is 10.1 Å². The Morgan fingerprint density at radius 2 is 2.14 bits per heavy atom. The Morgan fingerprint density at radius 1 is 1.45 bits per heavy atom. The number of amides is 1. The highest BCUT2D eigenvalue weighted by Gasteiger charge is 2.28. The maximum atomic E-state index is 12.4. The molecule has 1 amide bonds. The van der Waals surface area contributed by atoms with Crippen molar-refractivity contribution in [2.24, 2.45) is 5.41 Å². The number of carboxylic acids is 1. The first-order valence-corrected chi connectivity index (χ1v) is 7.55. The van der Waals surface area contributed by atoms with Crippen molar-refractivity contribution >= 4 is 23.5 Å². The maximum Gasteiger partial charge on any atom is 0.303 e. The molecule has 0 radical (unpaired) electrons. The van der Waals surface area contributed by atoms with Crippen LogP contribution in [0.1, 0.15) is 43.1 Å². The van der Waals surface area contributed by atoms with Gasteiger partial charge in [-0.25, -0.2) is 0 Å². The summed E-state index contributed by atoms with van der Waals surface area (Å²) >= 11 is 6.07. The summed E-state index contributed by atoms with van der Waals surface area (Å²) in [7, 11) is 0. The molecule has 1 unspecified atom stereocenters. The first kappa shape index (κ1) is 16.6. The van der Waals surface area contributed by atoms with E-state index in [0.29, 0.717) is 16.3 Å². The molecule has 2 N–H and O–H groups in total. The van der Waals surface area contributed by atoms with Gasteiger partial charge in [0, 0.05) is 23.6 Å². The summed E-state index contributed by atoms with van der Waals surface area (Å²) in [5.74, 6) is -0.614. The van der Waals surface area contributed by atoms with E-state index in [-0.39, 0.29) is 25.0 Å². The van der Waals surface area contributed by atoms with E-state index >= 15 is 0 Å². The van der Waals surface area contributed by atoms with E-state index in [1.165, 1.54) is 0 Å². The van der Waals surface area contributed by atoms with E-state index in [1.54, 1.807) is 19.9 Å². The number of hydrogen-bond acceptors (Lipinski definition) is 3. The molecule has 1 aliphatic rings. The van der Waals surface area contributed by atoms with Crippen LogP contribution in [0.15, 0.2) is 12.1 Å². The van der Waals surface area contributed by atoms with Crippen LogP contribution in [-0.2, 0) is 11.2 Å². The minimum atomic E-state index is -0.889. The second kappa shape index (κ2) is 6.16. The first-order valence-electron chi connectivity index (χ1n) is 7.17. The fourth-order valence-electron chi connectivity index (χ4n) is 2.55. The van der Waals surface area contributed by atoms with Crippen LogP contribution in [0.25, 0.3) is 0 Å². The molecule has 0 aliphatic carbocycles. The quantitative estimate of drug-likeness (QED) is 0.872. The number of carboxylic acid groups (broad SMARTS) is 1. The average Bonchev–Trinajstić information content (AvgIpc) is 2.73. The van der Waals surface area contributed by atoms with E-state index in [2.05, 4.69) is 5.32 Å². The molecule has 0 spiro atoms. The molecular formula is C16H20ClNO4. The number of fused-ring (bicyclic) bond motifs is 1. The van der Waals surface area contributed by atoms with Gasteiger partial charge >= 0.3 is 5.97 Å². The number of nitrogens with one attached hydrogen (secondary N) is 1. The Bertz CT molecular complexity index is 612. The second-order valence-electron chi connectivity index (χ2n) is 6.49. The van der Waals surface area contributed by atoms with Gasteiger partial charge in [0.25, 0.3) is 5.91 Å². The summed E-state index contributed by atoms with van der Waals surface area (Å²) in [4.78, 5) is 23.2. The number of aliphatic carboxylic acids is 1. The van der Waals surface area contributed by atoms with Gasteiger partial charge in [0.1, 0.15) is 11.9 Å². The number of ether oxygens (including phenoxy) is 1. The lowest BCUT2D eigenvalue weighted by molar-refractivity contribution is -0.139. The average molecular weight is 326 g/mol. The lowest BCUT2D eigenvalue weighted by Gasteiger charge is -2.23. The molecule has 5 nitrogen and oxygen atoms in total. The van der Waals surface area contributed by atoms with Gasteiger partial charge in [-0.2, -0.15) is 0 Å². The molecule has 1 aliphatic heterocycles. The molecule has 6 heteroatoms. The third-order valence-corrected chi connectivity index (χ3v) is 3.78. The van der Waals surface area contributed by atoms with Crippen LogP contribution in [0.3, 0.4) is 0 Å². The molecule has 22 heavy (non-hydrogen) atoms. The maximum absolute atomic E-state index is 12.4. The van der Waals surface area contributed by atoms with E-state index in [0.717, 1.165) is 12.0 Å². The largest absolute Gasteiger partial charge is 0.489 e. The first-order chi connectivity index (χ1) is 10.2. The summed E-state index contributed by atoms with van der Waals surface area (Å²) in [5.41, 5.74) is 0.796. The molecule has 0 saturated heterocycles. The van der Waals surface area contributed by atoms with Crippen LogP contribution in [0.4, 0.5) is 0 Å². The van der Waals surface area contributed by atoms with Crippen molar-refractivity contribution in [2.45, 2.75) is 39.7 Å². The predicted octanol–water partition coefficient (Wildman–Crippen LogP) is 2.89. The summed E-state index contributed by atoms with van der Waals surface area (Å²) in [6.45, 7) is 5.78. The molecular weight excluding hydrogens is 306 g/mol. The SMILES string of the molecule is CC1Cc2cc(Cl)cc(C(=O)NCC(C)(C)CC(=O)O)c2O1. The van der Waals surface area contributed by atoms with Gasteiger partial charge in [0.15, 0.2) is 0 Å². The van der Waals surface area contributed by atoms with Crippen LogP contribution in [-0.4, -0.2) is 29.6 Å². The zero-order valence-corrected chi connectivity index (χ0v) is 13.7. The zero-order valence-electron chi connectivity index (χ0n) is 12.9. The Kier molecular flexibility index (Phi) is 4.66. The van der Waals surface area contributed by atoms with Gasteiger partial charge < -0.3 is 15.2 Å². The molecule has 0 fully saturated rings. The van der Waals surface area contributed by atoms with Crippen LogP contribution >= 0.6 is 11.6 Å². The van der Waals surface area contributed by atoms with Gasteiger partial charge in [-0.3, -0.25) is 9.59 Å². The highest BCUT2D eigenvalue weighted by Crippen LogP contribution is 2.35. The third-order valence-electron chi connectivity index (χ3n) is 3.56. The predicted molar refractivity (Wildman–Crippen MR) is 83.6 cm³/mol. The standard InChI is InChI=1S/C16H20ClNO4/c1-9-4-10-5-11(17)6-12(14(10)22-9)15(21)18-8-16(2,3)7-13(19)20/h5-6,9H,4,7-8H2,1-3H3,(H,18,21)(H,19,20). The number of halogens is 1. The van der Waals surface area contributed by atoms with Crippen LogP contribution in [0.2, 0.25) is 5.02 Å². The minimum absolute atomic E-state index is 0.0171. The topological polar surface area (TPSA) is 75.6 Å². The summed E-state index contributed by atoms with van der Waals surface area (Å²) in [6, 6.07) is 3.39. The lowest BCUT2D eigenvalue weighted by Crippen LogP contribution is -2.35. The Labute approximate surface area is 134 Å². The molecule has 1 aromatic carbocycles. The normalized spacial score (nSPS) is 16.8.